The number of rotatable bonds is 6. The smallest absolute Gasteiger partial charge is 0.220 e. The van der Waals surface area contributed by atoms with Crippen molar-refractivity contribution in [2.75, 3.05) is 19.7 Å². The Balaban J connectivity index is 2.03. The normalized spacial score (nSPS) is 28.5. The van der Waals surface area contributed by atoms with Crippen LogP contribution in [0.5, 0.6) is 0 Å². The Kier molecular flexibility index (Phi) is 6.53. The summed E-state index contributed by atoms with van der Waals surface area (Å²) in [6, 6.07) is 8.89. The van der Waals surface area contributed by atoms with E-state index < -0.39 is 24.3 Å². The molecule has 128 valence electrons. The lowest BCUT2D eigenvalue weighted by Crippen LogP contribution is -2.66. The van der Waals surface area contributed by atoms with Crippen LogP contribution >= 0.6 is 0 Å². The standard InChI is InChI=1S/C17H26N2O4/c1-2-15(21)18-13-10-19(14(11-20)17(23)16(13)22)9-8-12-6-4-3-5-7-12/h3-7,13-14,16-17,20,22-23H,2,8-11H2,1H3,(H,18,21). The molecule has 23 heavy (non-hydrogen) atoms. The molecule has 1 aromatic carbocycles. The fraction of sp³-hybridized carbons (Fsp3) is 0.588. The first-order valence-electron chi connectivity index (χ1n) is 8.11. The minimum absolute atomic E-state index is 0.160. The molecule has 1 aliphatic heterocycles. The summed E-state index contributed by atoms with van der Waals surface area (Å²) in [5.41, 5.74) is 1.17. The highest BCUT2D eigenvalue weighted by Gasteiger charge is 2.41. The quantitative estimate of drug-likeness (QED) is 0.568. The van der Waals surface area contributed by atoms with E-state index in [0.29, 0.717) is 19.5 Å². The van der Waals surface area contributed by atoms with Gasteiger partial charge in [0.05, 0.1) is 24.8 Å². The van der Waals surface area contributed by atoms with Crippen molar-refractivity contribution in [2.45, 2.75) is 44.1 Å². The molecular formula is C17H26N2O4. The van der Waals surface area contributed by atoms with Crippen LogP contribution in [0.15, 0.2) is 30.3 Å². The lowest BCUT2D eigenvalue weighted by atomic mass is 9.92. The van der Waals surface area contributed by atoms with E-state index in [2.05, 4.69) is 5.32 Å². The number of nitrogens with one attached hydrogen (secondary N) is 1. The molecule has 0 bridgehead atoms. The number of aliphatic hydroxyl groups excluding tert-OH is 3. The van der Waals surface area contributed by atoms with Crippen molar-refractivity contribution in [3.63, 3.8) is 0 Å². The van der Waals surface area contributed by atoms with Crippen LogP contribution in [0, 0.1) is 0 Å². The number of carbonyl (C=O) groups is 1. The molecule has 1 amide bonds. The number of carbonyl (C=O) groups excluding carboxylic acids is 1. The van der Waals surface area contributed by atoms with Crippen molar-refractivity contribution in [1.29, 1.82) is 0 Å². The largest absolute Gasteiger partial charge is 0.395 e. The van der Waals surface area contributed by atoms with Gasteiger partial charge in [0.1, 0.15) is 6.10 Å². The Morgan fingerprint density at radius 1 is 1.26 bits per heavy atom. The molecule has 1 fully saturated rings. The number of nitrogens with zero attached hydrogens (tertiary/aromatic N) is 1. The molecule has 4 N–H and O–H groups in total. The maximum Gasteiger partial charge on any atom is 0.220 e. The van der Waals surface area contributed by atoms with Gasteiger partial charge in [-0.05, 0) is 12.0 Å². The highest BCUT2D eigenvalue weighted by Crippen LogP contribution is 2.19. The van der Waals surface area contributed by atoms with Crippen LogP contribution in [0.2, 0.25) is 0 Å². The minimum Gasteiger partial charge on any atom is -0.395 e. The molecule has 2 rings (SSSR count). The van der Waals surface area contributed by atoms with E-state index >= 15 is 0 Å². The van der Waals surface area contributed by atoms with E-state index in [0.717, 1.165) is 6.42 Å². The van der Waals surface area contributed by atoms with Crippen molar-refractivity contribution in [2.24, 2.45) is 0 Å². The molecule has 1 heterocycles. The summed E-state index contributed by atoms with van der Waals surface area (Å²) in [6.45, 7) is 2.55. The van der Waals surface area contributed by atoms with Crippen molar-refractivity contribution < 1.29 is 20.1 Å². The van der Waals surface area contributed by atoms with Crippen LogP contribution in [0.25, 0.3) is 0 Å². The van der Waals surface area contributed by atoms with Crippen molar-refractivity contribution in [1.82, 2.24) is 10.2 Å². The van der Waals surface area contributed by atoms with E-state index in [1.54, 1.807) is 6.92 Å². The monoisotopic (exact) mass is 322 g/mol. The van der Waals surface area contributed by atoms with E-state index in [4.69, 9.17) is 0 Å². The van der Waals surface area contributed by atoms with Gasteiger partial charge in [0, 0.05) is 19.5 Å². The summed E-state index contributed by atoms with van der Waals surface area (Å²) >= 11 is 0. The van der Waals surface area contributed by atoms with Crippen LogP contribution in [0.3, 0.4) is 0 Å². The Morgan fingerprint density at radius 2 is 1.96 bits per heavy atom. The zero-order chi connectivity index (χ0) is 16.8. The number of piperidine rings is 1. The first-order valence-corrected chi connectivity index (χ1v) is 8.11. The SMILES string of the molecule is CCC(=O)NC1CN(CCc2ccccc2)C(CO)C(O)C1O. The molecule has 1 aromatic rings. The van der Waals surface area contributed by atoms with Gasteiger partial charge >= 0.3 is 0 Å². The summed E-state index contributed by atoms with van der Waals surface area (Å²) < 4.78 is 0. The predicted molar refractivity (Wildman–Crippen MR) is 86.8 cm³/mol. The second kappa shape index (κ2) is 8.40. The molecule has 1 aliphatic rings. The molecule has 6 heteroatoms. The van der Waals surface area contributed by atoms with Gasteiger partial charge in [0.15, 0.2) is 0 Å². The Morgan fingerprint density at radius 3 is 2.57 bits per heavy atom. The third-order valence-corrected chi connectivity index (χ3v) is 4.44. The van der Waals surface area contributed by atoms with Crippen LogP contribution in [0.4, 0.5) is 0 Å². The molecule has 4 unspecified atom stereocenters. The third kappa shape index (κ3) is 4.51. The molecule has 0 aliphatic carbocycles. The van der Waals surface area contributed by atoms with Crippen molar-refractivity contribution >= 4 is 5.91 Å². The van der Waals surface area contributed by atoms with Gasteiger partial charge in [-0.25, -0.2) is 0 Å². The lowest BCUT2D eigenvalue weighted by molar-refractivity contribution is -0.130. The molecule has 0 aromatic heterocycles. The van der Waals surface area contributed by atoms with Gasteiger partial charge in [0.2, 0.25) is 5.91 Å². The van der Waals surface area contributed by atoms with Crippen LogP contribution in [0.1, 0.15) is 18.9 Å². The molecular weight excluding hydrogens is 296 g/mol. The number of hydrogen-bond acceptors (Lipinski definition) is 5. The van der Waals surface area contributed by atoms with E-state index in [9.17, 15) is 20.1 Å². The highest BCUT2D eigenvalue weighted by molar-refractivity contribution is 5.75. The van der Waals surface area contributed by atoms with Crippen LogP contribution < -0.4 is 5.32 Å². The van der Waals surface area contributed by atoms with Crippen LogP contribution in [-0.2, 0) is 11.2 Å². The number of aliphatic hydroxyl groups is 3. The summed E-state index contributed by atoms with van der Waals surface area (Å²) in [6.07, 6.45) is -1.07. The van der Waals surface area contributed by atoms with E-state index in [1.807, 2.05) is 35.2 Å². The van der Waals surface area contributed by atoms with E-state index in [1.165, 1.54) is 5.56 Å². The number of benzene rings is 1. The molecule has 4 atom stereocenters. The molecule has 0 saturated carbocycles. The van der Waals surface area contributed by atoms with Gasteiger partial charge in [0.25, 0.3) is 0 Å². The zero-order valence-corrected chi connectivity index (χ0v) is 13.4. The summed E-state index contributed by atoms with van der Waals surface area (Å²) in [4.78, 5) is 13.5. The zero-order valence-electron chi connectivity index (χ0n) is 13.4. The molecule has 0 spiro atoms. The molecule has 1 saturated heterocycles. The van der Waals surface area contributed by atoms with Crippen molar-refractivity contribution in [3.05, 3.63) is 35.9 Å². The lowest BCUT2D eigenvalue weighted by Gasteiger charge is -2.45. The van der Waals surface area contributed by atoms with Crippen LogP contribution in [-0.4, -0.2) is 70.1 Å². The Hall–Kier alpha value is -1.47. The van der Waals surface area contributed by atoms with E-state index in [-0.39, 0.29) is 12.5 Å². The topological polar surface area (TPSA) is 93.0 Å². The maximum absolute atomic E-state index is 11.6. The number of amides is 1. The van der Waals surface area contributed by atoms with Gasteiger partial charge in [-0.3, -0.25) is 9.69 Å². The summed E-state index contributed by atoms with van der Waals surface area (Å²) in [7, 11) is 0. The van der Waals surface area contributed by atoms with Gasteiger partial charge in [-0.2, -0.15) is 0 Å². The summed E-state index contributed by atoms with van der Waals surface area (Å²) in [5.74, 6) is -0.160. The third-order valence-electron chi connectivity index (χ3n) is 4.44. The fourth-order valence-electron chi connectivity index (χ4n) is 3.02. The maximum atomic E-state index is 11.6. The van der Waals surface area contributed by atoms with Crippen molar-refractivity contribution in [3.8, 4) is 0 Å². The molecule has 0 radical (unpaired) electrons. The van der Waals surface area contributed by atoms with Gasteiger partial charge < -0.3 is 20.6 Å². The number of hydrogen-bond donors (Lipinski definition) is 4. The van der Waals surface area contributed by atoms with Gasteiger partial charge in [-0.1, -0.05) is 37.3 Å². The molecule has 6 nitrogen and oxygen atoms in total. The minimum atomic E-state index is -1.09. The average Bonchev–Trinajstić information content (AvgIpc) is 2.58. The Bertz CT molecular complexity index is 497. The van der Waals surface area contributed by atoms with Gasteiger partial charge in [-0.15, -0.1) is 0 Å². The first-order chi connectivity index (χ1) is 11.1. The number of likely N-dealkylation sites (tertiary alicyclic amines) is 1. The summed E-state index contributed by atoms with van der Waals surface area (Å²) in [5, 5.41) is 32.8. The Labute approximate surface area is 136 Å². The second-order valence-electron chi connectivity index (χ2n) is 5.99. The highest BCUT2D eigenvalue weighted by atomic mass is 16.3. The fourth-order valence-corrected chi connectivity index (χ4v) is 3.02. The average molecular weight is 322 g/mol. The second-order valence-corrected chi connectivity index (χ2v) is 5.99. The predicted octanol–water partition coefficient (Wildman–Crippen LogP) is -0.478. The first kappa shape index (κ1) is 17.9.